The molecule has 1 aromatic heterocycles. The van der Waals surface area contributed by atoms with Gasteiger partial charge in [0.05, 0.1) is 17.0 Å². The second kappa shape index (κ2) is 4.81. The molecule has 2 N–H and O–H groups in total. The Kier molecular flexibility index (Phi) is 3.61. The maximum absolute atomic E-state index is 11.3. The maximum Gasteiger partial charge on any atom is 0.150 e. The average molecular weight is 260 g/mol. The van der Waals surface area contributed by atoms with Crippen LogP contribution in [0.3, 0.4) is 0 Å². The normalized spacial score (nSPS) is 25.7. The number of sulfone groups is 1. The van der Waals surface area contributed by atoms with Crippen molar-refractivity contribution >= 4 is 21.2 Å². The number of thiazole rings is 1. The minimum absolute atomic E-state index is 0.0544. The van der Waals surface area contributed by atoms with Gasteiger partial charge in [-0.1, -0.05) is 0 Å². The smallest absolute Gasteiger partial charge is 0.150 e. The Balaban J connectivity index is 1.82. The molecule has 1 aromatic rings. The summed E-state index contributed by atoms with van der Waals surface area (Å²) in [6.07, 6.45) is 4.22. The molecular formula is C10H16N2O2S2. The highest BCUT2D eigenvalue weighted by Crippen LogP contribution is 2.23. The van der Waals surface area contributed by atoms with Crippen LogP contribution in [-0.2, 0) is 16.3 Å². The Bertz CT molecular complexity index is 428. The molecular weight excluding hydrogens is 244 g/mol. The molecule has 0 saturated carbocycles. The first kappa shape index (κ1) is 12.0. The van der Waals surface area contributed by atoms with Gasteiger partial charge in [0.2, 0.25) is 0 Å². The summed E-state index contributed by atoms with van der Waals surface area (Å²) < 4.78 is 22.6. The van der Waals surface area contributed by atoms with Crippen molar-refractivity contribution in [3.8, 4) is 0 Å². The van der Waals surface area contributed by atoms with Crippen LogP contribution < -0.4 is 5.73 Å². The summed E-state index contributed by atoms with van der Waals surface area (Å²) in [7, 11) is -2.77. The van der Waals surface area contributed by atoms with E-state index in [2.05, 4.69) is 4.98 Å². The number of rotatable bonds is 4. The van der Waals surface area contributed by atoms with Crippen LogP contribution in [0.1, 0.15) is 17.7 Å². The van der Waals surface area contributed by atoms with Gasteiger partial charge in [-0.2, -0.15) is 0 Å². The molecule has 0 amide bonds. The molecule has 0 aromatic carbocycles. The van der Waals surface area contributed by atoms with Crippen LogP contribution >= 0.6 is 11.3 Å². The van der Waals surface area contributed by atoms with Crippen LogP contribution in [0.15, 0.2) is 11.7 Å². The van der Waals surface area contributed by atoms with Gasteiger partial charge in [0.25, 0.3) is 0 Å². The highest BCUT2D eigenvalue weighted by atomic mass is 32.2. The number of nitrogens with two attached hydrogens (primary N) is 1. The lowest BCUT2D eigenvalue weighted by atomic mass is 9.98. The van der Waals surface area contributed by atoms with Gasteiger partial charge < -0.3 is 5.73 Å². The van der Waals surface area contributed by atoms with Crippen LogP contribution in [0.5, 0.6) is 0 Å². The van der Waals surface area contributed by atoms with E-state index < -0.39 is 9.84 Å². The van der Waals surface area contributed by atoms with E-state index >= 15 is 0 Å². The largest absolute Gasteiger partial charge is 0.327 e. The topological polar surface area (TPSA) is 73.0 Å². The van der Waals surface area contributed by atoms with Gasteiger partial charge in [-0.05, 0) is 25.2 Å². The van der Waals surface area contributed by atoms with Crippen LogP contribution in [0.25, 0.3) is 0 Å². The molecule has 2 rings (SSSR count). The molecule has 16 heavy (non-hydrogen) atoms. The maximum atomic E-state index is 11.3. The molecule has 90 valence electrons. The van der Waals surface area contributed by atoms with Gasteiger partial charge in [0, 0.05) is 17.1 Å². The van der Waals surface area contributed by atoms with E-state index in [1.807, 2.05) is 6.20 Å². The Hall–Kier alpha value is -0.460. The standard InChI is InChI=1S/C10H16N2O2S2/c11-9(4-10-5-12-7-15-10)3-8-1-2-16(13,14)6-8/h5,7-9H,1-4,6,11H2. The first-order valence-electron chi connectivity index (χ1n) is 5.38. The predicted octanol–water partition coefficient (Wildman–Crippen LogP) is 0.838. The van der Waals surface area contributed by atoms with Gasteiger partial charge in [-0.3, -0.25) is 4.98 Å². The number of hydrogen-bond acceptors (Lipinski definition) is 5. The molecule has 2 heterocycles. The lowest BCUT2D eigenvalue weighted by molar-refractivity contribution is 0.470. The van der Waals surface area contributed by atoms with Crippen molar-refractivity contribution in [3.63, 3.8) is 0 Å². The Labute approximate surface area is 99.8 Å². The summed E-state index contributed by atoms with van der Waals surface area (Å²) in [4.78, 5) is 5.17. The third kappa shape index (κ3) is 3.26. The molecule has 0 spiro atoms. The minimum atomic E-state index is -2.77. The average Bonchev–Trinajstić information content (AvgIpc) is 2.76. The fourth-order valence-electron chi connectivity index (χ4n) is 2.17. The van der Waals surface area contributed by atoms with E-state index in [1.54, 1.807) is 16.8 Å². The van der Waals surface area contributed by atoms with E-state index in [4.69, 9.17) is 5.73 Å². The third-order valence-corrected chi connectivity index (χ3v) is 5.55. The molecule has 0 aliphatic carbocycles. The minimum Gasteiger partial charge on any atom is -0.327 e. The zero-order chi connectivity index (χ0) is 11.6. The van der Waals surface area contributed by atoms with Crippen molar-refractivity contribution in [2.24, 2.45) is 11.7 Å². The van der Waals surface area contributed by atoms with Crippen molar-refractivity contribution in [2.75, 3.05) is 11.5 Å². The third-order valence-electron chi connectivity index (χ3n) is 2.91. The Morgan fingerprint density at radius 3 is 3.00 bits per heavy atom. The molecule has 2 atom stereocenters. The number of nitrogens with zero attached hydrogens (tertiary/aromatic N) is 1. The van der Waals surface area contributed by atoms with Gasteiger partial charge >= 0.3 is 0 Å². The zero-order valence-corrected chi connectivity index (χ0v) is 10.6. The molecule has 0 radical (unpaired) electrons. The van der Waals surface area contributed by atoms with Crippen LogP contribution in [-0.4, -0.2) is 30.9 Å². The van der Waals surface area contributed by atoms with E-state index in [1.165, 1.54) is 4.88 Å². The fourth-order valence-corrected chi connectivity index (χ4v) is 4.74. The fraction of sp³-hybridized carbons (Fsp3) is 0.700. The van der Waals surface area contributed by atoms with Gasteiger partial charge in [0.1, 0.15) is 0 Å². The monoisotopic (exact) mass is 260 g/mol. The van der Waals surface area contributed by atoms with Crippen molar-refractivity contribution in [1.29, 1.82) is 0 Å². The summed E-state index contributed by atoms with van der Waals surface area (Å²) in [6, 6.07) is 0.0544. The Morgan fingerprint density at radius 1 is 1.62 bits per heavy atom. The van der Waals surface area contributed by atoms with E-state index in [0.717, 1.165) is 19.3 Å². The summed E-state index contributed by atoms with van der Waals surface area (Å²) in [5.74, 6) is 0.918. The van der Waals surface area contributed by atoms with Gasteiger partial charge in [-0.15, -0.1) is 11.3 Å². The molecule has 1 saturated heterocycles. The highest BCUT2D eigenvalue weighted by Gasteiger charge is 2.28. The summed E-state index contributed by atoms with van der Waals surface area (Å²) in [5, 5.41) is 0. The molecule has 2 unspecified atom stereocenters. The SMILES string of the molecule is NC(Cc1cncs1)CC1CCS(=O)(=O)C1. The molecule has 4 nitrogen and oxygen atoms in total. The summed E-state index contributed by atoms with van der Waals surface area (Å²) in [6.45, 7) is 0. The second-order valence-corrected chi connectivity index (χ2v) is 7.64. The molecule has 1 aliphatic rings. The Morgan fingerprint density at radius 2 is 2.44 bits per heavy atom. The summed E-state index contributed by atoms with van der Waals surface area (Å²) >= 11 is 1.60. The first-order valence-corrected chi connectivity index (χ1v) is 8.08. The lowest BCUT2D eigenvalue weighted by Crippen LogP contribution is -2.26. The van der Waals surface area contributed by atoms with Crippen LogP contribution in [0.4, 0.5) is 0 Å². The van der Waals surface area contributed by atoms with Crippen molar-refractivity contribution in [3.05, 3.63) is 16.6 Å². The van der Waals surface area contributed by atoms with Gasteiger partial charge in [0.15, 0.2) is 9.84 Å². The zero-order valence-electron chi connectivity index (χ0n) is 9.00. The first-order chi connectivity index (χ1) is 7.55. The van der Waals surface area contributed by atoms with Crippen molar-refractivity contribution < 1.29 is 8.42 Å². The van der Waals surface area contributed by atoms with Crippen molar-refractivity contribution in [2.45, 2.75) is 25.3 Å². The van der Waals surface area contributed by atoms with E-state index in [-0.39, 0.29) is 12.0 Å². The predicted molar refractivity (Wildman–Crippen MR) is 65.2 cm³/mol. The summed E-state index contributed by atoms with van der Waals surface area (Å²) in [5.41, 5.74) is 7.81. The highest BCUT2D eigenvalue weighted by molar-refractivity contribution is 7.91. The molecule has 1 fully saturated rings. The lowest BCUT2D eigenvalue weighted by Gasteiger charge is -2.14. The number of aromatic nitrogens is 1. The van der Waals surface area contributed by atoms with Crippen molar-refractivity contribution in [1.82, 2.24) is 4.98 Å². The quantitative estimate of drug-likeness (QED) is 0.870. The molecule has 1 aliphatic heterocycles. The van der Waals surface area contributed by atoms with E-state index in [0.29, 0.717) is 11.5 Å². The van der Waals surface area contributed by atoms with Gasteiger partial charge in [-0.25, -0.2) is 8.42 Å². The van der Waals surface area contributed by atoms with Crippen LogP contribution in [0, 0.1) is 5.92 Å². The van der Waals surface area contributed by atoms with Crippen LogP contribution in [0.2, 0.25) is 0 Å². The van der Waals surface area contributed by atoms with E-state index in [9.17, 15) is 8.42 Å². The number of hydrogen-bond donors (Lipinski definition) is 1. The molecule has 6 heteroatoms. The second-order valence-electron chi connectivity index (χ2n) is 4.44. The molecule has 0 bridgehead atoms.